The topological polar surface area (TPSA) is 59.0 Å². The van der Waals surface area contributed by atoms with Gasteiger partial charge in [0.05, 0.1) is 6.61 Å². The van der Waals surface area contributed by atoms with Crippen molar-refractivity contribution in [1.29, 1.82) is 0 Å². The van der Waals surface area contributed by atoms with Crippen molar-refractivity contribution >= 4 is 5.91 Å². The molecule has 0 aliphatic carbocycles. The summed E-state index contributed by atoms with van der Waals surface area (Å²) < 4.78 is 11.3. The molecule has 20 heavy (non-hydrogen) atoms. The number of aliphatic hydroxyl groups is 1. The molecule has 0 aromatic heterocycles. The molecule has 0 bridgehead atoms. The highest BCUT2D eigenvalue weighted by Crippen LogP contribution is 2.42. The summed E-state index contributed by atoms with van der Waals surface area (Å²) in [4.78, 5) is 13.8. The number of hydrogen-bond acceptors (Lipinski definition) is 4. The zero-order chi connectivity index (χ0) is 15.1. The molecule has 3 atom stereocenters. The second kappa shape index (κ2) is 4.84. The average Bonchev–Trinajstić information content (AvgIpc) is 2.76. The van der Waals surface area contributed by atoms with Crippen LogP contribution in [-0.2, 0) is 14.3 Å². The molecule has 0 spiro atoms. The fourth-order valence-corrected chi connectivity index (χ4v) is 2.79. The first kappa shape index (κ1) is 15.0. The number of hydrogen-bond donors (Lipinski definition) is 1. The number of β-lactam (4-membered cyclic amide) rings is 1. The second-order valence-electron chi connectivity index (χ2n) is 5.55. The van der Waals surface area contributed by atoms with E-state index in [0.717, 1.165) is 0 Å². The van der Waals surface area contributed by atoms with Crippen LogP contribution in [-0.4, -0.2) is 52.6 Å². The predicted molar refractivity (Wildman–Crippen MR) is 74.9 cm³/mol. The van der Waals surface area contributed by atoms with Crippen LogP contribution in [0.3, 0.4) is 0 Å². The van der Waals surface area contributed by atoms with E-state index < -0.39 is 29.4 Å². The molecule has 0 aromatic rings. The van der Waals surface area contributed by atoms with Crippen LogP contribution in [0.2, 0.25) is 0 Å². The maximum Gasteiger partial charge on any atom is 0.262 e. The zero-order valence-corrected chi connectivity index (χ0v) is 12.0. The molecule has 2 rings (SSSR count). The summed E-state index contributed by atoms with van der Waals surface area (Å²) >= 11 is 0. The van der Waals surface area contributed by atoms with Crippen molar-refractivity contribution in [2.24, 2.45) is 0 Å². The quantitative estimate of drug-likeness (QED) is 0.463. The highest BCUT2D eigenvalue weighted by Gasteiger charge is 2.65. The standard InChI is InChI=1S/C15H21NO4/c1-6-8-16-12(11-9-19-14(4,5)20-11)15(18,13(16)17)10(3)7-2/h6-7,11-12,18H,1-3,8-9H2,4-5H3/t11-,12+,15-/m1/s1. The Morgan fingerprint density at radius 1 is 1.55 bits per heavy atom. The molecule has 1 amide bonds. The summed E-state index contributed by atoms with van der Waals surface area (Å²) in [5.74, 6) is -1.12. The minimum atomic E-state index is -1.67. The summed E-state index contributed by atoms with van der Waals surface area (Å²) in [5, 5.41) is 10.7. The van der Waals surface area contributed by atoms with Crippen LogP contribution in [0.5, 0.6) is 0 Å². The van der Waals surface area contributed by atoms with E-state index in [1.54, 1.807) is 19.9 Å². The van der Waals surface area contributed by atoms with Crippen molar-refractivity contribution in [3.8, 4) is 0 Å². The Morgan fingerprint density at radius 3 is 2.65 bits per heavy atom. The van der Waals surface area contributed by atoms with Crippen LogP contribution in [0.1, 0.15) is 13.8 Å². The lowest BCUT2D eigenvalue weighted by Crippen LogP contribution is -2.78. The predicted octanol–water partition coefficient (Wildman–Crippen LogP) is 1.01. The van der Waals surface area contributed by atoms with E-state index in [9.17, 15) is 9.90 Å². The van der Waals surface area contributed by atoms with E-state index in [1.165, 1.54) is 11.0 Å². The monoisotopic (exact) mass is 279 g/mol. The number of ether oxygens (including phenoxy) is 2. The van der Waals surface area contributed by atoms with Crippen molar-refractivity contribution in [1.82, 2.24) is 4.90 Å². The molecule has 2 heterocycles. The fourth-order valence-electron chi connectivity index (χ4n) is 2.79. The first-order chi connectivity index (χ1) is 9.28. The van der Waals surface area contributed by atoms with Crippen LogP contribution in [0, 0.1) is 0 Å². The van der Waals surface area contributed by atoms with Gasteiger partial charge in [-0.15, -0.1) is 6.58 Å². The largest absolute Gasteiger partial charge is 0.374 e. The van der Waals surface area contributed by atoms with Gasteiger partial charge in [-0.25, -0.2) is 0 Å². The van der Waals surface area contributed by atoms with Gasteiger partial charge < -0.3 is 19.5 Å². The van der Waals surface area contributed by atoms with E-state index >= 15 is 0 Å². The summed E-state index contributed by atoms with van der Waals surface area (Å²) in [6.45, 7) is 15.2. The fraction of sp³-hybridized carbons (Fsp3) is 0.533. The number of likely N-dealkylation sites (tertiary alicyclic amines) is 1. The molecular formula is C15H21NO4. The molecule has 5 heteroatoms. The van der Waals surface area contributed by atoms with Crippen LogP contribution in [0.4, 0.5) is 0 Å². The molecule has 0 saturated carbocycles. The van der Waals surface area contributed by atoms with Crippen LogP contribution in [0.25, 0.3) is 0 Å². The molecule has 2 fully saturated rings. The Labute approximate surface area is 119 Å². The molecule has 2 aliphatic heterocycles. The van der Waals surface area contributed by atoms with Gasteiger partial charge in [0.25, 0.3) is 5.91 Å². The number of carbonyl (C=O) groups is 1. The van der Waals surface area contributed by atoms with Crippen molar-refractivity contribution in [3.63, 3.8) is 0 Å². The molecule has 2 aliphatic rings. The van der Waals surface area contributed by atoms with E-state index in [4.69, 9.17) is 9.47 Å². The van der Waals surface area contributed by atoms with Gasteiger partial charge in [0.15, 0.2) is 11.4 Å². The summed E-state index contributed by atoms with van der Waals surface area (Å²) in [6.07, 6.45) is 2.60. The van der Waals surface area contributed by atoms with Crippen molar-refractivity contribution in [3.05, 3.63) is 37.5 Å². The second-order valence-corrected chi connectivity index (χ2v) is 5.55. The van der Waals surface area contributed by atoms with E-state index in [2.05, 4.69) is 19.7 Å². The van der Waals surface area contributed by atoms with E-state index in [1.807, 2.05) is 0 Å². The number of rotatable bonds is 5. The molecule has 110 valence electrons. The number of carbonyl (C=O) groups excluding carboxylic acids is 1. The van der Waals surface area contributed by atoms with Crippen molar-refractivity contribution in [2.75, 3.05) is 13.2 Å². The minimum Gasteiger partial charge on any atom is -0.374 e. The minimum absolute atomic E-state index is 0.279. The molecule has 0 unspecified atom stereocenters. The smallest absolute Gasteiger partial charge is 0.262 e. The van der Waals surface area contributed by atoms with Gasteiger partial charge in [-0.2, -0.15) is 0 Å². The Kier molecular flexibility index (Phi) is 3.62. The molecule has 1 N–H and O–H groups in total. The summed E-state index contributed by atoms with van der Waals surface area (Å²) in [6, 6.07) is -0.541. The van der Waals surface area contributed by atoms with Crippen LogP contribution >= 0.6 is 0 Å². The third-order valence-electron chi connectivity index (χ3n) is 3.80. The van der Waals surface area contributed by atoms with Gasteiger partial charge in [-0.1, -0.05) is 25.3 Å². The maximum atomic E-state index is 12.2. The number of amides is 1. The third-order valence-corrected chi connectivity index (χ3v) is 3.80. The van der Waals surface area contributed by atoms with Gasteiger partial charge in [-0.3, -0.25) is 4.79 Å². The SMILES string of the molecule is C=CCN1C(=O)[C@@](O)(C(=C)C=C)[C@@H]1[C@H]1COC(C)(C)O1. The van der Waals surface area contributed by atoms with E-state index in [0.29, 0.717) is 13.2 Å². The van der Waals surface area contributed by atoms with Crippen molar-refractivity contribution < 1.29 is 19.4 Å². The molecule has 0 radical (unpaired) electrons. The zero-order valence-electron chi connectivity index (χ0n) is 12.0. The van der Waals surface area contributed by atoms with Crippen LogP contribution < -0.4 is 0 Å². The number of nitrogens with zero attached hydrogens (tertiary/aromatic N) is 1. The molecule has 2 saturated heterocycles. The lowest BCUT2D eigenvalue weighted by atomic mass is 9.74. The van der Waals surface area contributed by atoms with Gasteiger partial charge in [0.1, 0.15) is 12.1 Å². The molecule has 0 aromatic carbocycles. The Hall–Kier alpha value is -1.43. The highest BCUT2D eigenvalue weighted by atomic mass is 16.7. The van der Waals surface area contributed by atoms with Gasteiger partial charge >= 0.3 is 0 Å². The summed E-state index contributed by atoms with van der Waals surface area (Å²) in [5.41, 5.74) is -1.39. The molecule has 5 nitrogen and oxygen atoms in total. The highest BCUT2D eigenvalue weighted by molar-refractivity contribution is 5.97. The first-order valence-electron chi connectivity index (χ1n) is 6.56. The Morgan fingerprint density at radius 2 is 2.20 bits per heavy atom. The molecular weight excluding hydrogens is 258 g/mol. The van der Waals surface area contributed by atoms with Gasteiger partial charge in [0.2, 0.25) is 0 Å². The Bertz CT molecular complexity index is 470. The normalized spacial score (nSPS) is 35.5. The lowest BCUT2D eigenvalue weighted by molar-refractivity contribution is -0.204. The van der Waals surface area contributed by atoms with E-state index in [-0.39, 0.29) is 5.57 Å². The third kappa shape index (κ3) is 2.02. The average molecular weight is 279 g/mol. The summed E-state index contributed by atoms with van der Waals surface area (Å²) in [7, 11) is 0. The van der Waals surface area contributed by atoms with Crippen LogP contribution in [0.15, 0.2) is 37.5 Å². The maximum absolute atomic E-state index is 12.2. The van der Waals surface area contributed by atoms with Gasteiger partial charge in [0, 0.05) is 6.54 Å². The van der Waals surface area contributed by atoms with Crippen molar-refractivity contribution in [2.45, 2.75) is 37.4 Å². The lowest BCUT2D eigenvalue weighted by Gasteiger charge is -2.54. The first-order valence-corrected chi connectivity index (χ1v) is 6.56. The van der Waals surface area contributed by atoms with Gasteiger partial charge in [-0.05, 0) is 19.4 Å². The Balaban J connectivity index is 2.29.